The van der Waals surface area contributed by atoms with Crippen molar-refractivity contribution in [2.75, 3.05) is 20.3 Å². The van der Waals surface area contributed by atoms with Gasteiger partial charge in [0.25, 0.3) is 5.91 Å². The van der Waals surface area contributed by atoms with Crippen LogP contribution < -0.4 is 10.6 Å². The summed E-state index contributed by atoms with van der Waals surface area (Å²) in [6.45, 7) is 11.6. The third-order valence-corrected chi connectivity index (χ3v) is 3.92. The highest BCUT2D eigenvalue weighted by atomic mass is 16.5. The van der Waals surface area contributed by atoms with Gasteiger partial charge in [0, 0.05) is 13.7 Å². The molecule has 0 heterocycles. The molecule has 0 saturated heterocycles. The van der Waals surface area contributed by atoms with Crippen LogP contribution in [0.5, 0.6) is 0 Å². The third-order valence-electron chi connectivity index (χ3n) is 3.92. The fourth-order valence-electron chi connectivity index (χ4n) is 2.27. The molecule has 0 rings (SSSR count). The number of amides is 2. The minimum atomic E-state index is -1.70. The lowest BCUT2D eigenvalue weighted by Crippen LogP contribution is -2.55. The van der Waals surface area contributed by atoms with Gasteiger partial charge in [0.2, 0.25) is 5.91 Å². The Kier molecular flexibility index (Phi) is 12.2. The number of hydrogen-bond acceptors (Lipinski definition) is 7. The molecule has 0 saturated carbocycles. The minimum absolute atomic E-state index is 0.0491. The van der Waals surface area contributed by atoms with E-state index in [4.69, 9.17) is 9.47 Å². The second-order valence-corrected chi connectivity index (χ2v) is 8.29. The largest absolute Gasteiger partial charge is 0.387 e. The van der Waals surface area contributed by atoms with Gasteiger partial charge in [0.1, 0.15) is 24.4 Å². The Morgan fingerprint density at radius 2 is 1.62 bits per heavy atom. The van der Waals surface area contributed by atoms with Gasteiger partial charge in [-0.1, -0.05) is 32.9 Å². The lowest BCUT2D eigenvalue weighted by molar-refractivity contribution is -0.150. The molecule has 0 unspecified atom stereocenters. The Labute approximate surface area is 173 Å². The van der Waals surface area contributed by atoms with E-state index in [0.717, 1.165) is 0 Å². The van der Waals surface area contributed by atoms with E-state index in [9.17, 15) is 24.9 Å². The highest BCUT2D eigenvalue weighted by Crippen LogP contribution is 2.17. The highest BCUT2D eigenvalue weighted by Gasteiger charge is 2.36. The molecule has 0 fully saturated rings. The van der Waals surface area contributed by atoms with Gasteiger partial charge < -0.3 is 35.4 Å². The maximum atomic E-state index is 12.4. The lowest BCUT2D eigenvalue weighted by Gasteiger charge is -2.28. The zero-order valence-corrected chi connectivity index (χ0v) is 18.5. The molecule has 5 atom stereocenters. The molecule has 5 N–H and O–H groups in total. The first-order chi connectivity index (χ1) is 13.3. The van der Waals surface area contributed by atoms with Crippen LogP contribution in [0.25, 0.3) is 0 Å². The van der Waals surface area contributed by atoms with Crippen molar-refractivity contribution in [3.05, 3.63) is 12.2 Å². The monoisotopic (exact) mass is 418 g/mol. The molecule has 0 aromatic carbocycles. The summed E-state index contributed by atoms with van der Waals surface area (Å²) in [5, 5.41) is 35.5. The van der Waals surface area contributed by atoms with Gasteiger partial charge >= 0.3 is 0 Å². The number of nitrogens with one attached hydrogen (secondary N) is 2. The average molecular weight is 419 g/mol. The van der Waals surface area contributed by atoms with Gasteiger partial charge in [0.15, 0.2) is 6.10 Å². The van der Waals surface area contributed by atoms with E-state index in [0.29, 0.717) is 13.2 Å². The first-order valence-corrected chi connectivity index (χ1v) is 9.76. The zero-order valence-electron chi connectivity index (χ0n) is 18.5. The molecule has 0 radical (unpaired) electrons. The van der Waals surface area contributed by atoms with Crippen LogP contribution in [-0.4, -0.2) is 84.0 Å². The van der Waals surface area contributed by atoms with Crippen molar-refractivity contribution < 1.29 is 34.4 Å². The van der Waals surface area contributed by atoms with Crippen LogP contribution in [-0.2, 0) is 19.1 Å². The standard InChI is InChI=1S/C20H38N2O7/c1-12(2)29-11-10-21-18(26)13(3)22-19(27)17(28-7)16(25)15(24)14(23)8-9-20(4,5)6/h8-9,12-17,23-25H,10-11H2,1-7H3,(H,21,26)(H,22,27)/t13-,14+,15-,16+,17+/m0/s1. The lowest BCUT2D eigenvalue weighted by atomic mass is 9.94. The normalized spacial score (nSPS) is 17.6. The first-order valence-electron chi connectivity index (χ1n) is 9.76. The predicted molar refractivity (Wildman–Crippen MR) is 109 cm³/mol. The number of aliphatic hydroxyl groups is 3. The topological polar surface area (TPSA) is 137 Å². The smallest absolute Gasteiger partial charge is 0.252 e. The molecule has 9 nitrogen and oxygen atoms in total. The van der Waals surface area contributed by atoms with E-state index < -0.39 is 42.3 Å². The van der Waals surface area contributed by atoms with Crippen molar-refractivity contribution in [3.8, 4) is 0 Å². The third kappa shape index (κ3) is 11.3. The van der Waals surface area contributed by atoms with Crippen LogP contribution in [0.3, 0.4) is 0 Å². The summed E-state index contributed by atoms with van der Waals surface area (Å²) in [7, 11) is 1.19. The summed E-state index contributed by atoms with van der Waals surface area (Å²) < 4.78 is 10.3. The van der Waals surface area contributed by atoms with Crippen LogP contribution in [0, 0.1) is 5.41 Å². The summed E-state index contributed by atoms with van der Waals surface area (Å²) in [5.74, 6) is -1.21. The SMILES string of the molecule is CO[C@@H](C(=O)N[C@@H](C)C(=O)NCCOC(C)C)[C@H](O)[C@@H](O)[C@H](O)C=CC(C)(C)C. The van der Waals surface area contributed by atoms with Gasteiger partial charge in [-0.25, -0.2) is 0 Å². The van der Waals surface area contributed by atoms with Crippen molar-refractivity contribution >= 4 is 11.8 Å². The fraction of sp³-hybridized carbons (Fsp3) is 0.800. The predicted octanol–water partition coefficient (Wildman–Crippen LogP) is -0.268. The van der Waals surface area contributed by atoms with E-state index >= 15 is 0 Å². The summed E-state index contributed by atoms with van der Waals surface area (Å²) in [6, 6.07) is -0.894. The Morgan fingerprint density at radius 3 is 2.10 bits per heavy atom. The average Bonchev–Trinajstić information content (AvgIpc) is 2.61. The van der Waals surface area contributed by atoms with Crippen LogP contribution in [0.15, 0.2) is 12.2 Å². The van der Waals surface area contributed by atoms with Crippen molar-refractivity contribution in [3.63, 3.8) is 0 Å². The van der Waals surface area contributed by atoms with E-state index in [2.05, 4.69) is 10.6 Å². The van der Waals surface area contributed by atoms with Crippen molar-refractivity contribution in [1.29, 1.82) is 0 Å². The summed E-state index contributed by atoms with van der Waals surface area (Å²) in [5.41, 5.74) is -0.229. The molecular formula is C20H38N2O7. The molecule has 29 heavy (non-hydrogen) atoms. The van der Waals surface area contributed by atoms with Crippen molar-refractivity contribution in [1.82, 2.24) is 10.6 Å². The minimum Gasteiger partial charge on any atom is -0.387 e. The van der Waals surface area contributed by atoms with E-state index in [-0.39, 0.29) is 11.5 Å². The van der Waals surface area contributed by atoms with Gasteiger partial charge in [-0.3, -0.25) is 9.59 Å². The maximum Gasteiger partial charge on any atom is 0.252 e. The fourth-order valence-corrected chi connectivity index (χ4v) is 2.27. The molecule has 0 spiro atoms. The van der Waals surface area contributed by atoms with Gasteiger partial charge in [-0.05, 0) is 26.2 Å². The molecule has 0 bridgehead atoms. The second-order valence-electron chi connectivity index (χ2n) is 8.29. The second kappa shape index (κ2) is 12.9. The Morgan fingerprint density at radius 1 is 1.03 bits per heavy atom. The number of carbonyl (C=O) groups is 2. The van der Waals surface area contributed by atoms with E-state index in [1.54, 1.807) is 6.08 Å². The summed E-state index contributed by atoms with van der Waals surface area (Å²) in [6.07, 6.45) is -3.12. The molecule has 170 valence electrons. The van der Waals surface area contributed by atoms with Crippen molar-refractivity contribution in [2.45, 2.75) is 78.1 Å². The summed E-state index contributed by atoms with van der Waals surface area (Å²) in [4.78, 5) is 24.4. The molecule has 0 aromatic rings. The van der Waals surface area contributed by atoms with Crippen molar-refractivity contribution in [2.24, 2.45) is 5.41 Å². The number of allylic oxidation sites excluding steroid dienone is 1. The highest BCUT2D eigenvalue weighted by molar-refractivity contribution is 5.89. The van der Waals surface area contributed by atoms with Gasteiger partial charge in [0.05, 0.1) is 12.7 Å². The summed E-state index contributed by atoms with van der Waals surface area (Å²) >= 11 is 0. The van der Waals surface area contributed by atoms with E-state index in [1.807, 2.05) is 34.6 Å². The number of carbonyl (C=O) groups excluding carboxylic acids is 2. The molecule has 0 aliphatic heterocycles. The molecule has 9 heteroatoms. The number of ether oxygens (including phenoxy) is 2. The first kappa shape index (κ1) is 27.5. The van der Waals surface area contributed by atoms with Gasteiger partial charge in [-0.2, -0.15) is 0 Å². The Bertz CT molecular complexity index is 531. The van der Waals surface area contributed by atoms with Crippen LogP contribution in [0.1, 0.15) is 41.5 Å². The number of methoxy groups -OCH3 is 1. The number of aliphatic hydroxyl groups excluding tert-OH is 3. The maximum absolute atomic E-state index is 12.4. The number of rotatable bonds is 12. The van der Waals surface area contributed by atoms with Crippen LogP contribution in [0.4, 0.5) is 0 Å². The molecule has 0 aromatic heterocycles. The van der Waals surface area contributed by atoms with Crippen LogP contribution in [0.2, 0.25) is 0 Å². The zero-order chi connectivity index (χ0) is 22.8. The molecule has 2 amide bonds. The van der Waals surface area contributed by atoms with Crippen LogP contribution >= 0.6 is 0 Å². The molecule has 0 aliphatic carbocycles. The van der Waals surface area contributed by atoms with Gasteiger partial charge in [-0.15, -0.1) is 0 Å². The Balaban J connectivity index is 4.76. The van der Waals surface area contributed by atoms with E-state index in [1.165, 1.54) is 20.1 Å². The Hall–Kier alpha value is -1.52. The molecule has 0 aliphatic rings. The number of hydrogen-bond donors (Lipinski definition) is 5. The molecular weight excluding hydrogens is 380 g/mol. The quantitative estimate of drug-likeness (QED) is 0.217.